The minimum absolute atomic E-state index is 0.780. The van der Waals surface area contributed by atoms with Crippen LogP contribution < -0.4 is 0 Å². The molecule has 0 aliphatic heterocycles. The molecule has 0 N–H and O–H groups in total. The van der Waals surface area contributed by atoms with Gasteiger partial charge in [0.1, 0.15) is 0 Å². The average molecular weight is 189 g/mol. The van der Waals surface area contributed by atoms with E-state index in [0.717, 1.165) is 4.83 Å². The third-order valence-corrected chi connectivity index (χ3v) is 2.62. The third-order valence-electron chi connectivity index (χ3n) is 1.70. The first-order chi connectivity index (χ1) is 4.39. The summed E-state index contributed by atoms with van der Waals surface area (Å²) in [6.07, 6.45) is 11.2. The van der Waals surface area contributed by atoms with Gasteiger partial charge in [-0.2, -0.15) is 0 Å². The van der Waals surface area contributed by atoms with Crippen LogP contribution in [0.4, 0.5) is 0 Å². The molecule has 0 amide bonds. The van der Waals surface area contributed by atoms with Gasteiger partial charge < -0.3 is 0 Å². The van der Waals surface area contributed by atoms with Gasteiger partial charge in [0.15, 0.2) is 0 Å². The number of halogens is 1. The van der Waals surface area contributed by atoms with Gasteiger partial charge in [-0.3, -0.25) is 0 Å². The monoisotopic (exact) mass is 188 g/mol. The van der Waals surface area contributed by atoms with Crippen molar-refractivity contribution in [2.45, 2.75) is 36.9 Å². The fraction of sp³-hybridized carbons (Fsp3) is 0.750. The van der Waals surface area contributed by atoms with Gasteiger partial charge in [-0.25, -0.2) is 0 Å². The van der Waals surface area contributed by atoms with Crippen molar-refractivity contribution >= 4 is 15.9 Å². The van der Waals surface area contributed by atoms with Gasteiger partial charge >= 0.3 is 0 Å². The summed E-state index contributed by atoms with van der Waals surface area (Å²) in [5.74, 6) is 0. The van der Waals surface area contributed by atoms with E-state index in [-0.39, 0.29) is 0 Å². The molecule has 0 nitrogen and oxygen atoms in total. The quantitative estimate of drug-likeness (QED) is 0.405. The average Bonchev–Trinajstić information content (AvgIpc) is 1.79. The van der Waals surface area contributed by atoms with Crippen LogP contribution in [0.15, 0.2) is 12.2 Å². The van der Waals surface area contributed by atoms with E-state index in [4.69, 9.17) is 0 Å². The molecule has 0 radical (unpaired) electrons. The molecule has 1 rings (SSSR count). The van der Waals surface area contributed by atoms with Crippen LogP contribution in [0.1, 0.15) is 32.1 Å². The molecule has 1 unspecified atom stereocenters. The highest BCUT2D eigenvalue weighted by atomic mass is 79.9. The molecule has 1 atom stereocenters. The summed E-state index contributed by atoms with van der Waals surface area (Å²) in [4.78, 5) is 0.780. The van der Waals surface area contributed by atoms with E-state index >= 15 is 0 Å². The largest absolute Gasteiger partial charge is 0.0891 e. The van der Waals surface area contributed by atoms with Gasteiger partial charge in [-0.05, 0) is 32.1 Å². The number of allylic oxidation sites excluding steroid dienone is 2. The van der Waals surface area contributed by atoms with Crippen molar-refractivity contribution in [1.29, 1.82) is 0 Å². The molecule has 0 saturated carbocycles. The molecule has 1 heteroatoms. The predicted molar refractivity (Wildman–Crippen MR) is 44.9 cm³/mol. The Labute approximate surface area is 65.5 Å². The summed E-state index contributed by atoms with van der Waals surface area (Å²) in [5.41, 5.74) is 0. The summed E-state index contributed by atoms with van der Waals surface area (Å²) >= 11 is 3.64. The smallest absolute Gasteiger partial charge is 0.0148 e. The fourth-order valence-corrected chi connectivity index (χ4v) is 1.70. The van der Waals surface area contributed by atoms with Gasteiger partial charge in [0, 0.05) is 4.83 Å². The maximum Gasteiger partial charge on any atom is 0.0148 e. The second kappa shape index (κ2) is 4.10. The van der Waals surface area contributed by atoms with Crippen LogP contribution in [-0.2, 0) is 0 Å². The molecule has 1 aliphatic rings. The van der Waals surface area contributed by atoms with Crippen molar-refractivity contribution in [2.75, 3.05) is 0 Å². The van der Waals surface area contributed by atoms with Crippen molar-refractivity contribution in [3.05, 3.63) is 12.2 Å². The summed E-state index contributed by atoms with van der Waals surface area (Å²) < 4.78 is 0. The minimum atomic E-state index is 0.780. The molecule has 0 spiro atoms. The first-order valence-electron chi connectivity index (χ1n) is 3.68. The topological polar surface area (TPSA) is 0 Å². The summed E-state index contributed by atoms with van der Waals surface area (Å²) in [7, 11) is 0. The standard InChI is InChI=1S/C8H13Br/c9-8-6-4-2-1-3-5-7-8/h1-2,8H,3-7H2/b2-1-. The van der Waals surface area contributed by atoms with Crippen molar-refractivity contribution in [3.8, 4) is 0 Å². The molecule has 0 aromatic rings. The summed E-state index contributed by atoms with van der Waals surface area (Å²) in [6.45, 7) is 0. The SMILES string of the molecule is BrC1CC/C=C\CCC1. The Bertz CT molecular complexity index is 96.7. The maximum absolute atomic E-state index is 3.64. The van der Waals surface area contributed by atoms with E-state index in [1.165, 1.54) is 32.1 Å². The van der Waals surface area contributed by atoms with E-state index in [2.05, 4.69) is 28.1 Å². The van der Waals surface area contributed by atoms with Crippen molar-refractivity contribution in [1.82, 2.24) is 0 Å². The van der Waals surface area contributed by atoms with Crippen molar-refractivity contribution in [2.24, 2.45) is 0 Å². The molecule has 0 aromatic carbocycles. The van der Waals surface area contributed by atoms with Gasteiger partial charge in [-0.15, -0.1) is 0 Å². The lowest BCUT2D eigenvalue weighted by molar-refractivity contribution is 0.661. The molecule has 0 heterocycles. The normalized spacial score (nSPS) is 32.8. The van der Waals surface area contributed by atoms with E-state index in [0.29, 0.717) is 0 Å². The molecule has 0 aromatic heterocycles. The van der Waals surface area contributed by atoms with Crippen LogP contribution in [0.5, 0.6) is 0 Å². The van der Waals surface area contributed by atoms with E-state index in [1.54, 1.807) is 0 Å². The summed E-state index contributed by atoms with van der Waals surface area (Å²) in [6, 6.07) is 0. The molecular formula is C8H13Br. The lowest BCUT2D eigenvalue weighted by Gasteiger charge is -2.08. The second-order valence-corrected chi connectivity index (χ2v) is 3.87. The highest BCUT2D eigenvalue weighted by Crippen LogP contribution is 2.18. The Morgan fingerprint density at radius 3 is 2.78 bits per heavy atom. The van der Waals surface area contributed by atoms with E-state index in [9.17, 15) is 0 Å². The maximum atomic E-state index is 3.64. The molecule has 1 aliphatic carbocycles. The highest BCUT2D eigenvalue weighted by Gasteiger charge is 2.02. The Kier molecular flexibility index (Phi) is 3.34. The van der Waals surface area contributed by atoms with Gasteiger partial charge in [0.2, 0.25) is 0 Å². The Morgan fingerprint density at radius 2 is 1.89 bits per heavy atom. The number of alkyl halides is 1. The van der Waals surface area contributed by atoms with E-state index < -0.39 is 0 Å². The highest BCUT2D eigenvalue weighted by molar-refractivity contribution is 9.09. The van der Waals surface area contributed by atoms with Crippen LogP contribution in [0, 0.1) is 0 Å². The van der Waals surface area contributed by atoms with Crippen LogP contribution in [0.2, 0.25) is 0 Å². The van der Waals surface area contributed by atoms with Crippen LogP contribution in [0.3, 0.4) is 0 Å². The zero-order valence-corrected chi connectivity index (χ0v) is 7.23. The molecule has 9 heavy (non-hydrogen) atoms. The summed E-state index contributed by atoms with van der Waals surface area (Å²) in [5, 5.41) is 0. The van der Waals surface area contributed by atoms with Gasteiger partial charge in [0.05, 0.1) is 0 Å². The van der Waals surface area contributed by atoms with Crippen LogP contribution in [0.25, 0.3) is 0 Å². The van der Waals surface area contributed by atoms with Gasteiger partial charge in [0.25, 0.3) is 0 Å². The molecule has 0 fully saturated rings. The van der Waals surface area contributed by atoms with E-state index in [1.807, 2.05) is 0 Å². The molecule has 52 valence electrons. The predicted octanol–water partition coefficient (Wildman–Crippen LogP) is 3.27. The molecular weight excluding hydrogens is 176 g/mol. The fourth-order valence-electron chi connectivity index (χ4n) is 1.11. The van der Waals surface area contributed by atoms with Crippen molar-refractivity contribution in [3.63, 3.8) is 0 Å². The van der Waals surface area contributed by atoms with Crippen molar-refractivity contribution < 1.29 is 0 Å². The van der Waals surface area contributed by atoms with Gasteiger partial charge in [-0.1, -0.05) is 28.1 Å². The number of rotatable bonds is 0. The number of hydrogen-bond acceptors (Lipinski definition) is 0. The third kappa shape index (κ3) is 3.04. The minimum Gasteiger partial charge on any atom is -0.0891 e. The van der Waals surface area contributed by atoms with Crippen LogP contribution >= 0.6 is 15.9 Å². The Hall–Kier alpha value is 0.220. The lowest BCUT2D eigenvalue weighted by atomic mass is 10.1. The molecule has 0 saturated heterocycles. The zero-order chi connectivity index (χ0) is 6.53. The Morgan fingerprint density at radius 1 is 1.11 bits per heavy atom. The van der Waals surface area contributed by atoms with Crippen LogP contribution in [-0.4, -0.2) is 4.83 Å². The Balaban J connectivity index is 2.27. The molecule has 0 bridgehead atoms. The zero-order valence-electron chi connectivity index (χ0n) is 5.65. The lowest BCUT2D eigenvalue weighted by Crippen LogP contribution is -1.97. The number of hydrogen-bond donors (Lipinski definition) is 0. The first-order valence-corrected chi connectivity index (χ1v) is 4.60. The second-order valence-electron chi connectivity index (χ2n) is 2.58. The first kappa shape index (κ1) is 7.33.